The van der Waals surface area contributed by atoms with Crippen molar-refractivity contribution in [1.82, 2.24) is 20.4 Å². The van der Waals surface area contributed by atoms with Crippen molar-refractivity contribution in [3.05, 3.63) is 87.9 Å². The van der Waals surface area contributed by atoms with Crippen molar-refractivity contribution in [2.75, 3.05) is 24.5 Å². The highest BCUT2D eigenvalue weighted by atomic mass is 35.5. The number of aliphatic hydroxyl groups is 1. The molecule has 3 aliphatic heterocycles. The number of nitrogens with one attached hydrogen (secondary N) is 2. The number of nitrogens with zero attached hydrogens (tertiary/aromatic N) is 4. The molecule has 3 aromatic rings. The van der Waals surface area contributed by atoms with Crippen molar-refractivity contribution in [3.8, 4) is 17.6 Å². The van der Waals surface area contributed by atoms with Gasteiger partial charge in [-0.3, -0.25) is 34.3 Å². The monoisotopic (exact) mass is 864 g/mol. The molecule has 2 atom stereocenters. The Hall–Kier alpha value is -5.16. The maximum Gasteiger partial charge on any atom is 0.257 e. The number of piperidine rings is 2. The van der Waals surface area contributed by atoms with Gasteiger partial charge in [-0.15, -0.1) is 0 Å². The SMILES string of the molecule is CC(C)N(CC1CCN(c2ccc(C(=O)N[C@H]3C(C)(C)[C@H](Oc4ccc(C#N)c(Cl)c4)C3(C)C)cc2)CC1)[C@H]1C[C@H](Oc2ccc3c(c2)C(=O)N(C2CCC(=O)NC2=O)C3O)C1. The molecule has 4 amide bonds. The van der Waals surface area contributed by atoms with E-state index >= 15 is 0 Å². The number of amides is 4. The summed E-state index contributed by atoms with van der Waals surface area (Å²) in [7, 11) is 0. The molecule has 2 unspecified atom stereocenters. The molecule has 8 rings (SSSR count). The lowest BCUT2D eigenvalue weighted by molar-refractivity contribution is -0.164. The van der Waals surface area contributed by atoms with E-state index in [2.05, 4.69) is 80.2 Å². The number of ether oxygens (including phenoxy) is 2. The Morgan fingerprint density at radius 2 is 1.63 bits per heavy atom. The van der Waals surface area contributed by atoms with Gasteiger partial charge < -0.3 is 24.8 Å². The fourth-order valence-corrected chi connectivity index (χ4v) is 11.1. The van der Waals surface area contributed by atoms with Crippen LogP contribution in [0.1, 0.15) is 118 Å². The van der Waals surface area contributed by atoms with Crippen molar-refractivity contribution in [2.45, 2.75) is 123 Å². The molecule has 2 aliphatic carbocycles. The summed E-state index contributed by atoms with van der Waals surface area (Å²) in [5, 5.41) is 26.1. The highest BCUT2D eigenvalue weighted by Gasteiger charge is 2.64. The second-order valence-corrected chi connectivity index (χ2v) is 19.6. The second kappa shape index (κ2) is 16.8. The molecule has 3 heterocycles. The molecule has 5 aliphatic rings. The van der Waals surface area contributed by atoms with Crippen LogP contribution in [0.3, 0.4) is 0 Å². The minimum atomic E-state index is -1.26. The molecule has 3 N–H and O–H groups in total. The molecule has 0 aromatic heterocycles. The summed E-state index contributed by atoms with van der Waals surface area (Å²) in [4.78, 5) is 57.2. The van der Waals surface area contributed by atoms with Gasteiger partial charge in [0.05, 0.1) is 16.1 Å². The van der Waals surface area contributed by atoms with Crippen LogP contribution in [0.5, 0.6) is 11.5 Å². The van der Waals surface area contributed by atoms with Gasteiger partial charge in [0.1, 0.15) is 35.8 Å². The summed E-state index contributed by atoms with van der Waals surface area (Å²) in [5.74, 6) is 0.231. The van der Waals surface area contributed by atoms with Crippen molar-refractivity contribution >= 4 is 40.9 Å². The minimum absolute atomic E-state index is 0.0108. The largest absolute Gasteiger partial charge is 0.490 e. The molecular weight excluding hydrogens is 808 g/mol. The lowest BCUT2D eigenvalue weighted by atomic mass is 9.49. The number of nitriles is 1. The highest BCUT2D eigenvalue weighted by Crippen LogP contribution is 2.55. The first-order valence-electron chi connectivity index (χ1n) is 21.9. The lowest BCUT2D eigenvalue weighted by Crippen LogP contribution is -2.74. The topological polar surface area (TPSA) is 165 Å². The molecule has 13 nitrogen and oxygen atoms in total. The zero-order valence-corrected chi connectivity index (χ0v) is 37.1. The summed E-state index contributed by atoms with van der Waals surface area (Å²) in [6.07, 6.45) is 2.77. The van der Waals surface area contributed by atoms with E-state index in [1.165, 1.54) is 4.90 Å². The fraction of sp³-hybridized carbons (Fsp3) is 0.521. The third kappa shape index (κ3) is 8.13. The molecular formula is C48H57ClN6O7. The average molecular weight is 865 g/mol. The van der Waals surface area contributed by atoms with E-state index in [-0.39, 0.29) is 53.7 Å². The molecule has 0 bridgehead atoms. The van der Waals surface area contributed by atoms with Crippen LogP contribution < -0.4 is 25.0 Å². The number of fused-ring (bicyclic) bond motifs is 1. The van der Waals surface area contributed by atoms with E-state index in [4.69, 9.17) is 21.1 Å². The molecule has 2 saturated heterocycles. The maximum absolute atomic E-state index is 13.6. The summed E-state index contributed by atoms with van der Waals surface area (Å²) < 4.78 is 12.7. The van der Waals surface area contributed by atoms with Gasteiger partial charge in [-0.2, -0.15) is 5.26 Å². The van der Waals surface area contributed by atoms with Gasteiger partial charge in [0, 0.05) is 90.7 Å². The van der Waals surface area contributed by atoms with Gasteiger partial charge >= 0.3 is 0 Å². The van der Waals surface area contributed by atoms with Crippen molar-refractivity contribution in [3.63, 3.8) is 0 Å². The molecule has 328 valence electrons. The fourth-order valence-electron chi connectivity index (χ4n) is 10.9. The van der Waals surface area contributed by atoms with Crippen LogP contribution in [0.15, 0.2) is 60.7 Å². The van der Waals surface area contributed by atoms with Crippen molar-refractivity contribution in [1.29, 1.82) is 5.26 Å². The second-order valence-electron chi connectivity index (χ2n) is 19.2. The number of aliphatic hydroxyl groups excluding tert-OH is 1. The number of carbonyl (C=O) groups is 4. The van der Waals surface area contributed by atoms with Crippen LogP contribution in [-0.4, -0.2) is 94.5 Å². The molecule has 2 saturated carbocycles. The Balaban J connectivity index is 0.794. The zero-order valence-electron chi connectivity index (χ0n) is 36.3. The first kappa shape index (κ1) is 43.5. The predicted octanol–water partition coefficient (Wildman–Crippen LogP) is 6.61. The van der Waals surface area contributed by atoms with Gasteiger partial charge in [-0.1, -0.05) is 45.4 Å². The molecule has 0 spiro atoms. The van der Waals surface area contributed by atoms with E-state index < -0.39 is 24.1 Å². The first-order chi connectivity index (χ1) is 29.5. The minimum Gasteiger partial charge on any atom is -0.490 e. The third-order valence-corrected chi connectivity index (χ3v) is 14.4. The van der Waals surface area contributed by atoms with E-state index in [1.807, 2.05) is 12.1 Å². The number of benzene rings is 3. The number of anilines is 1. The Labute approximate surface area is 368 Å². The third-order valence-electron chi connectivity index (χ3n) is 14.1. The summed E-state index contributed by atoms with van der Waals surface area (Å²) >= 11 is 6.26. The quantitative estimate of drug-likeness (QED) is 0.169. The van der Waals surface area contributed by atoms with Crippen LogP contribution in [0.4, 0.5) is 5.69 Å². The average Bonchev–Trinajstić information content (AvgIpc) is 3.47. The van der Waals surface area contributed by atoms with E-state index in [1.54, 1.807) is 36.4 Å². The zero-order chi connectivity index (χ0) is 44.2. The summed E-state index contributed by atoms with van der Waals surface area (Å²) in [6.45, 7) is 15.8. The molecule has 62 heavy (non-hydrogen) atoms. The van der Waals surface area contributed by atoms with Gasteiger partial charge in [-0.25, -0.2) is 0 Å². The van der Waals surface area contributed by atoms with E-state index in [0.717, 1.165) is 51.0 Å². The highest BCUT2D eigenvalue weighted by molar-refractivity contribution is 6.31. The molecule has 3 aromatic carbocycles. The Morgan fingerprint density at radius 3 is 2.26 bits per heavy atom. The predicted molar refractivity (Wildman–Crippen MR) is 234 cm³/mol. The van der Waals surface area contributed by atoms with Crippen LogP contribution in [-0.2, 0) is 9.59 Å². The van der Waals surface area contributed by atoms with Crippen LogP contribution in [0, 0.1) is 28.1 Å². The molecule has 0 radical (unpaired) electrons. The van der Waals surface area contributed by atoms with Gasteiger partial charge in [-0.05, 0) is 87.6 Å². The Kier molecular flexibility index (Phi) is 11.8. The van der Waals surface area contributed by atoms with Crippen LogP contribution in [0.2, 0.25) is 5.02 Å². The smallest absolute Gasteiger partial charge is 0.257 e. The number of imide groups is 1. The van der Waals surface area contributed by atoms with Gasteiger partial charge in [0.2, 0.25) is 11.8 Å². The summed E-state index contributed by atoms with van der Waals surface area (Å²) in [5.41, 5.74) is 2.18. The van der Waals surface area contributed by atoms with Gasteiger partial charge in [0.15, 0.2) is 6.23 Å². The lowest BCUT2D eigenvalue weighted by Gasteiger charge is -2.63. The number of hydrogen-bond donors (Lipinski definition) is 3. The van der Waals surface area contributed by atoms with Gasteiger partial charge in [0.25, 0.3) is 11.8 Å². The van der Waals surface area contributed by atoms with E-state index in [9.17, 15) is 29.5 Å². The summed E-state index contributed by atoms with van der Waals surface area (Å²) in [6, 6.07) is 20.0. The Morgan fingerprint density at radius 1 is 0.968 bits per heavy atom. The molecule has 4 fully saturated rings. The number of halogens is 1. The van der Waals surface area contributed by atoms with Crippen molar-refractivity contribution in [2.24, 2.45) is 16.7 Å². The number of hydrogen-bond acceptors (Lipinski definition) is 10. The Bertz CT molecular complexity index is 2260. The van der Waals surface area contributed by atoms with E-state index in [0.29, 0.717) is 56.8 Å². The normalized spacial score (nSPS) is 26.6. The van der Waals surface area contributed by atoms with Crippen LogP contribution in [0.25, 0.3) is 0 Å². The number of carbonyl (C=O) groups excluding carboxylic acids is 4. The standard InChI is InChI=1S/C48H57ClN6O7/c1-27(2)54(32-21-35(22-32)61-33-13-14-36-37(23-33)44(60)55(43(36)59)39-15-16-40(56)51-42(39)58)26-28-17-19-53(20-18-28)31-10-7-29(8-11-31)41(57)52-45-47(3,4)46(48(45,5)6)62-34-12-9-30(25-50)38(49)24-34/h7-14,23-24,27-28,32,35,39,43,45-46,59H,15-22,26H2,1-6H3,(H,52,57)(H,51,56,58)/t32-,35-,39?,43?,45-,46-. The number of rotatable bonds is 12. The first-order valence-corrected chi connectivity index (χ1v) is 22.3. The van der Waals surface area contributed by atoms with Crippen LogP contribution >= 0.6 is 11.6 Å². The maximum atomic E-state index is 13.6. The molecule has 14 heteroatoms. The van der Waals surface area contributed by atoms with Crippen molar-refractivity contribution < 1.29 is 33.8 Å².